The average Bonchev–Trinajstić information content (AvgIpc) is 2.94. The molecular weight excluding hydrogens is 320 g/mol. The second-order valence-corrected chi connectivity index (χ2v) is 8.03. The zero-order chi connectivity index (χ0) is 17.5. The van der Waals surface area contributed by atoms with Crippen molar-refractivity contribution in [2.75, 3.05) is 11.5 Å². The Morgan fingerprint density at radius 1 is 1.46 bits per heavy atom. The number of amides is 1. The Labute approximate surface area is 147 Å². The van der Waals surface area contributed by atoms with Crippen LogP contribution >= 0.6 is 11.3 Å². The molecule has 0 unspecified atom stereocenters. The van der Waals surface area contributed by atoms with E-state index in [2.05, 4.69) is 31.8 Å². The second kappa shape index (κ2) is 6.20. The number of ether oxygens (including phenoxy) is 1. The second-order valence-electron chi connectivity index (χ2n) is 6.96. The van der Waals surface area contributed by atoms with E-state index in [4.69, 9.17) is 4.74 Å². The predicted octanol–water partition coefficient (Wildman–Crippen LogP) is 4.78. The van der Waals surface area contributed by atoms with Gasteiger partial charge < -0.3 is 9.64 Å². The Hall–Kier alpha value is -1.88. The van der Waals surface area contributed by atoms with Crippen molar-refractivity contribution in [2.45, 2.75) is 52.5 Å². The standard InChI is InChI=1S/C19H24N2O2S/c1-6-23-14-7-8-17-15(9-14)12(2)10-19(4,5)21(17)18(22)16-11-24-13(3)20-16/h7-9,11-12H,6,10H2,1-5H3/t12-/m1/s1. The van der Waals surface area contributed by atoms with Gasteiger partial charge in [-0.3, -0.25) is 4.79 Å². The lowest BCUT2D eigenvalue weighted by molar-refractivity contribution is 0.0949. The highest BCUT2D eigenvalue weighted by molar-refractivity contribution is 7.09. The fraction of sp³-hybridized carbons (Fsp3) is 0.474. The van der Waals surface area contributed by atoms with Gasteiger partial charge in [0, 0.05) is 16.6 Å². The summed E-state index contributed by atoms with van der Waals surface area (Å²) in [4.78, 5) is 19.4. The van der Waals surface area contributed by atoms with E-state index in [9.17, 15) is 4.79 Å². The van der Waals surface area contributed by atoms with Gasteiger partial charge in [0.2, 0.25) is 0 Å². The van der Waals surface area contributed by atoms with E-state index < -0.39 is 0 Å². The Morgan fingerprint density at radius 2 is 2.21 bits per heavy atom. The number of fused-ring (bicyclic) bond motifs is 1. The van der Waals surface area contributed by atoms with Crippen LogP contribution in [0.4, 0.5) is 5.69 Å². The third-order valence-electron chi connectivity index (χ3n) is 4.53. The minimum Gasteiger partial charge on any atom is -0.494 e. The van der Waals surface area contributed by atoms with Crippen molar-refractivity contribution in [1.82, 2.24) is 4.98 Å². The molecular formula is C19H24N2O2S. The Morgan fingerprint density at radius 3 is 2.83 bits per heavy atom. The fourth-order valence-electron chi connectivity index (χ4n) is 3.62. The van der Waals surface area contributed by atoms with Gasteiger partial charge in [0.1, 0.15) is 11.4 Å². The van der Waals surface area contributed by atoms with E-state index in [0.717, 1.165) is 22.9 Å². The molecule has 0 saturated heterocycles. The van der Waals surface area contributed by atoms with Crippen molar-refractivity contribution in [3.05, 3.63) is 39.8 Å². The summed E-state index contributed by atoms with van der Waals surface area (Å²) in [5.74, 6) is 1.21. The Kier molecular flexibility index (Phi) is 4.38. The number of anilines is 1. The molecule has 0 N–H and O–H groups in total. The van der Waals surface area contributed by atoms with E-state index >= 15 is 0 Å². The molecule has 0 radical (unpaired) electrons. The third-order valence-corrected chi connectivity index (χ3v) is 5.31. The maximum atomic E-state index is 13.1. The van der Waals surface area contributed by atoms with Gasteiger partial charge in [-0.05, 0) is 63.8 Å². The summed E-state index contributed by atoms with van der Waals surface area (Å²) in [6, 6.07) is 6.03. The smallest absolute Gasteiger partial charge is 0.278 e. The number of carbonyl (C=O) groups is 1. The number of nitrogens with zero attached hydrogens (tertiary/aromatic N) is 2. The summed E-state index contributed by atoms with van der Waals surface area (Å²) < 4.78 is 5.64. The van der Waals surface area contributed by atoms with Gasteiger partial charge in [-0.15, -0.1) is 11.3 Å². The van der Waals surface area contributed by atoms with Gasteiger partial charge in [-0.2, -0.15) is 0 Å². The van der Waals surface area contributed by atoms with E-state index in [1.165, 1.54) is 16.9 Å². The summed E-state index contributed by atoms with van der Waals surface area (Å²) in [7, 11) is 0. The number of benzene rings is 1. The molecule has 0 spiro atoms. The van der Waals surface area contributed by atoms with Gasteiger partial charge >= 0.3 is 0 Å². The molecule has 1 amide bonds. The van der Waals surface area contributed by atoms with Crippen LogP contribution in [0.2, 0.25) is 0 Å². The number of carbonyl (C=O) groups excluding carboxylic acids is 1. The molecule has 2 heterocycles. The molecule has 3 rings (SSSR count). The lowest BCUT2D eigenvalue weighted by Gasteiger charge is -2.45. The summed E-state index contributed by atoms with van der Waals surface area (Å²) >= 11 is 1.51. The van der Waals surface area contributed by atoms with Crippen molar-refractivity contribution in [2.24, 2.45) is 0 Å². The minimum absolute atomic E-state index is 0.0262. The quantitative estimate of drug-likeness (QED) is 0.804. The summed E-state index contributed by atoms with van der Waals surface area (Å²) in [6.07, 6.45) is 0.907. The van der Waals surface area contributed by atoms with E-state index in [0.29, 0.717) is 18.2 Å². The summed E-state index contributed by atoms with van der Waals surface area (Å²) in [5, 5.41) is 2.76. The molecule has 2 aromatic rings. The SMILES string of the molecule is CCOc1ccc2c(c1)[C@H](C)CC(C)(C)N2C(=O)c1csc(C)n1. The first kappa shape index (κ1) is 17.0. The van der Waals surface area contributed by atoms with Crippen LogP contribution in [0.5, 0.6) is 5.75 Å². The molecule has 1 aliphatic rings. The van der Waals surface area contributed by atoms with Gasteiger partial charge in [-0.25, -0.2) is 4.98 Å². The van der Waals surface area contributed by atoms with Crippen molar-refractivity contribution < 1.29 is 9.53 Å². The van der Waals surface area contributed by atoms with E-state index in [1.54, 1.807) is 0 Å². The monoisotopic (exact) mass is 344 g/mol. The highest BCUT2D eigenvalue weighted by atomic mass is 32.1. The first-order valence-electron chi connectivity index (χ1n) is 8.37. The summed E-state index contributed by atoms with van der Waals surface area (Å²) in [5.41, 5.74) is 2.41. The topological polar surface area (TPSA) is 42.4 Å². The molecule has 0 saturated carbocycles. The Bertz CT molecular complexity index is 766. The average molecular weight is 344 g/mol. The van der Waals surface area contributed by atoms with Crippen LogP contribution in [0.25, 0.3) is 0 Å². The lowest BCUT2D eigenvalue weighted by Crippen LogP contribution is -2.51. The molecule has 1 aromatic heterocycles. The van der Waals surface area contributed by atoms with Gasteiger partial charge in [0.25, 0.3) is 5.91 Å². The first-order chi connectivity index (χ1) is 11.3. The molecule has 0 aliphatic carbocycles. The molecule has 24 heavy (non-hydrogen) atoms. The molecule has 0 bridgehead atoms. The highest BCUT2D eigenvalue weighted by Crippen LogP contribution is 2.45. The zero-order valence-corrected chi connectivity index (χ0v) is 15.7. The molecule has 0 fully saturated rings. The fourth-order valence-corrected chi connectivity index (χ4v) is 4.21. The third kappa shape index (κ3) is 2.93. The number of hydrogen-bond donors (Lipinski definition) is 0. The van der Waals surface area contributed by atoms with Crippen molar-refractivity contribution >= 4 is 22.9 Å². The number of rotatable bonds is 3. The molecule has 4 nitrogen and oxygen atoms in total. The van der Waals surface area contributed by atoms with Gasteiger partial charge in [-0.1, -0.05) is 6.92 Å². The molecule has 128 valence electrons. The van der Waals surface area contributed by atoms with Crippen molar-refractivity contribution in [3.63, 3.8) is 0 Å². The minimum atomic E-state index is -0.256. The zero-order valence-electron chi connectivity index (χ0n) is 14.9. The highest BCUT2D eigenvalue weighted by Gasteiger charge is 2.41. The van der Waals surface area contributed by atoms with Gasteiger partial charge in [0.05, 0.1) is 11.6 Å². The normalized spacial score (nSPS) is 19.0. The number of aromatic nitrogens is 1. The molecule has 1 atom stereocenters. The number of hydrogen-bond acceptors (Lipinski definition) is 4. The number of thiazole rings is 1. The number of aryl methyl sites for hydroxylation is 1. The molecule has 1 aromatic carbocycles. The van der Waals surface area contributed by atoms with Crippen LogP contribution in [0.15, 0.2) is 23.6 Å². The van der Waals surface area contributed by atoms with Crippen LogP contribution in [-0.4, -0.2) is 23.0 Å². The van der Waals surface area contributed by atoms with Crippen molar-refractivity contribution in [3.8, 4) is 5.75 Å². The van der Waals surface area contributed by atoms with Gasteiger partial charge in [0.15, 0.2) is 0 Å². The molecule has 5 heteroatoms. The maximum Gasteiger partial charge on any atom is 0.278 e. The van der Waals surface area contributed by atoms with E-state index in [-0.39, 0.29) is 11.4 Å². The van der Waals surface area contributed by atoms with Crippen LogP contribution in [0, 0.1) is 6.92 Å². The predicted molar refractivity (Wildman–Crippen MR) is 98.4 cm³/mol. The first-order valence-corrected chi connectivity index (χ1v) is 9.25. The van der Waals surface area contributed by atoms with Crippen LogP contribution in [0.1, 0.15) is 61.1 Å². The Balaban J connectivity index is 2.08. The van der Waals surface area contributed by atoms with Crippen LogP contribution in [-0.2, 0) is 0 Å². The molecule has 1 aliphatic heterocycles. The summed E-state index contributed by atoms with van der Waals surface area (Å²) in [6.45, 7) is 11.0. The largest absolute Gasteiger partial charge is 0.494 e. The lowest BCUT2D eigenvalue weighted by atomic mass is 9.80. The van der Waals surface area contributed by atoms with E-state index in [1.807, 2.05) is 36.3 Å². The maximum absolute atomic E-state index is 13.1. The van der Waals surface area contributed by atoms with Crippen LogP contribution < -0.4 is 9.64 Å². The van der Waals surface area contributed by atoms with Crippen molar-refractivity contribution in [1.29, 1.82) is 0 Å². The van der Waals surface area contributed by atoms with Crippen LogP contribution in [0.3, 0.4) is 0 Å².